The second-order valence-corrected chi connectivity index (χ2v) is 11.6. The minimum absolute atomic E-state index is 0.0755. The molecule has 0 aliphatic rings. The highest BCUT2D eigenvalue weighted by Gasteiger charge is 2.17. The molecule has 0 aromatic rings. The van der Waals surface area contributed by atoms with Crippen molar-refractivity contribution in [1.29, 1.82) is 0 Å². The lowest BCUT2D eigenvalue weighted by atomic mass is 10.0. The zero-order chi connectivity index (χ0) is 28.7. The molecule has 3 N–H and O–H groups in total. The van der Waals surface area contributed by atoms with E-state index in [2.05, 4.69) is 31.3 Å². The van der Waals surface area contributed by atoms with Gasteiger partial charge < -0.3 is 15.5 Å². The molecule has 0 radical (unpaired) electrons. The predicted octanol–water partition coefficient (Wildman–Crippen LogP) is 9.73. The van der Waals surface area contributed by atoms with Gasteiger partial charge in [-0.3, -0.25) is 4.79 Å². The summed E-state index contributed by atoms with van der Waals surface area (Å²) >= 11 is 0. The number of carbonyl (C=O) groups is 1. The largest absolute Gasteiger partial charge is 0.394 e. The number of carbonyl (C=O) groups excluding carboxylic acids is 1. The highest BCUT2D eigenvalue weighted by atomic mass is 16.3. The van der Waals surface area contributed by atoms with E-state index < -0.39 is 12.1 Å². The number of amides is 1. The standard InChI is InChI=1S/C35H67NO3/c1-3-5-7-9-11-13-15-17-19-20-22-24-26-28-30-34(38)33(32-37)36-35(39)31-29-27-25-23-21-18-16-14-12-10-8-6-4-2/h20,22,28,30,33-34,37-38H,3-19,21,23-27,29,31-32H2,1-2H3,(H,36,39)/b22-20+,30-28+. The fourth-order valence-electron chi connectivity index (χ4n) is 5.02. The van der Waals surface area contributed by atoms with Crippen LogP contribution in [-0.4, -0.2) is 34.9 Å². The number of rotatable bonds is 30. The second-order valence-electron chi connectivity index (χ2n) is 11.6. The maximum atomic E-state index is 12.3. The monoisotopic (exact) mass is 550 g/mol. The highest BCUT2D eigenvalue weighted by Crippen LogP contribution is 2.13. The molecular formula is C35H67NO3. The third-order valence-electron chi connectivity index (χ3n) is 7.69. The third-order valence-corrected chi connectivity index (χ3v) is 7.69. The topological polar surface area (TPSA) is 69.6 Å². The van der Waals surface area contributed by atoms with Gasteiger partial charge >= 0.3 is 0 Å². The highest BCUT2D eigenvalue weighted by molar-refractivity contribution is 5.76. The zero-order valence-corrected chi connectivity index (χ0v) is 26.2. The molecule has 0 aliphatic heterocycles. The number of hydrogen-bond donors (Lipinski definition) is 3. The van der Waals surface area contributed by atoms with Gasteiger partial charge in [-0.05, 0) is 32.1 Å². The first-order chi connectivity index (χ1) is 19.2. The van der Waals surface area contributed by atoms with Crippen molar-refractivity contribution in [2.24, 2.45) is 0 Å². The van der Waals surface area contributed by atoms with Crippen molar-refractivity contribution in [3.05, 3.63) is 24.3 Å². The Balaban J connectivity index is 3.69. The Morgan fingerprint density at radius 3 is 1.49 bits per heavy atom. The Morgan fingerprint density at radius 1 is 0.590 bits per heavy atom. The van der Waals surface area contributed by atoms with Crippen LogP contribution < -0.4 is 5.32 Å². The molecule has 0 saturated heterocycles. The summed E-state index contributed by atoms with van der Waals surface area (Å²) in [5, 5.41) is 22.8. The summed E-state index contributed by atoms with van der Waals surface area (Å²) in [4.78, 5) is 12.3. The molecule has 4 heteroatoms. The number of unbranched alkanes of at least 4 members (excludes halogenated alkanes) is 21. The van der Waals surface area contributed by atoms with Crippen LogP contribution in [0.3, 0.4) is 0 Å². The predicted molar refractivity (Wildman–Crippen MR) is 170 cm³/mol. The van der Waals surface area contributed by atoms with E-state index in [1.54, 1.807) is 6.08 Å². The van der Waals surface area contributed by atoms with Gasteiger partial charge in [-0.1, -0.05) is 160 Å². The molecule has 2 atom stereocenters. The van der Waals surface area contributed by atoms with Crippen LogP contribution in [0.15, 0.2) is 24.3 Å². The van der Waals surface area contributed by atoms with Gasteiger partial charge in [-0.15, -0.1) is 0 Å². The van der Waals surface area contributed by atoms with Crippen LogP contribution in [0.2, 0.25) is 0 Å². The van der Waals surface area contributed by atoms with Gasteiger partial charge in [0.25, 0.3) is 0 Å². The molecule has 0 aromatic carbocycles. The summed E-state index contributed by atoms with van der Waals surface area (Å²) in [6.07, 6.45) is 38.2. The third kappa shape index (κ3) is 28.2. The Labute approximate surface area is 243 Å². The quantitative estimate of drug-likeness (QED) is 0.0617. The van der Waals surface area contributed by atoms with Crippen LogP contribution in [0.1, 0.15) is 174 Å². The van der Waals surface area contributed by atoms with Gasteiger partial charge in [0.15, 0.2) is 0 Å². The fraction of sp³-hybridized carbons (Fsp3) is 0.857. The summed E-state index contributed by atoms with van der Waals surface area (Å²) < 4.78 is 0. The average Bonchev–Trinajstić information content (AvgIpc) is 2.94. The molecule has 2 unspecified atom stereocenters. The summed E-state index contributed by atoms with van der Waals surface area (Å²) in [6.45, 7) is 4.27. The van der Waals surface area contributed by atoms with E-state index in [-0.39, 0.29) is 12.5 Å². The SMILES string of the molecule is CCCCCCCCCC/C=C/CC/C=C/C(O)C(CO)NC(=O)CCCCCCCCCCCCCCC. The maximum absolute atomic E-state index is 12.3. The Bertz CT molecular complexity index is 560. The fourth-order valence-corrected chi connectivity index (χ4v) is 5.02. The number of aliphatic hydroxyl groups excluding tert-OH is 2. The maximum Gasteiger partial charge on any atom is 0.220 e. The molecule has 0 bridgehead atoms. The lowest BCUT2D eigenvalue weighted by Crippen LogP contribution is -2.45. The van der Waals surface area contributed by atoms with Crippen LogP contribution in [0.5, 0.6) is 0 Å². The van der Waals surface area contributed by atoms with Crippen molar-refractivity contribution in [1.82, 2.24) is 5.32 Å². The van der Waals surface area contributed by atoms with Crippen molar-refractivity contribution < 1.29 is 15.0 Å². The Hall–Kier alpha value is -1.13. The Kier molecular flexibility index (Phi) is 30.5. The van der Waals surface area contributed by atoms with Gasteiger partial charge in [0.1, 0.15) is 0 Å². The molecule has 0 heterocycles. The summed E-state index contributed by atoms with van der Waals surface area (Å²) in [5.74, 6) is -0.0755. The lowest BCUT2D eigenvalue weighted by Gasteiger charge is -2.19. The number of hydrogen-bond acceptors (Lipinski definition) is 3. The van der Waals surface area contributed by atoms with Gasteiger partial charge in [-0.2, -0.15) is 0 Å². The molecule has 0 spiro atoms. The second kappa shape index (κ2) is 31.4. The van der Waals surface area contributed by atoms with Crippen LogP contribution in [-0.2, 0) is 4.79 Å². The van der Waals surface area contributed by atoms with E-state index in [0.717, 1.165) is 32.1 Å². The van der Waals surface area contributed by atoms with Gasteiger partial charge in [-0.25, -0.2) is 0 Å². The van der Waals surface area contributed by atoms with E-state index in [0.29, 0.717) is 6.42 Å². The Morgan fingerprint density at radius 2 is 1.00 bits per heavy atom. The van der Waals surface area contributed by atoms with Crippen molar-refractivity contribution in [2.75, 3.05) is 6.61 Å². The van der Waals surface area contributed by atoms with Crippen LogP contribution >= 0.6 is 0 Å². The van der Waals surface area contributed by atoms with Crippen molar-refractivity contribution in [2.45, 2.75) is 187 Å². The number of aliphatic hydroxyl groups is 2. The molecule has 1 amide bonds. The minimum Gasteiger partial charge on any atom is -0.394 e. The first-order valence-electron chi connectivity index (χ1n) is 17.1. The van der Waals surface area contributed by atoms with E-state index in [9.17, 15) is 15.0 Å². The van der Waals surface area contributed by atoms with Crippen LogP contribution in [0.25, 0.3) is 0 Å². The zero-order valence-electron chi connectivity index (χ0n) is 26.2. The number of allylic oxidation sites excluding steroid dienone is 3. The summed E-state index contributed by atoms with van der Waals surface area (Å²) in [6, 6.07) is -0.631. The van der Waals surface area contributed by atoms with Crippen molar-refractivity contribution >= 4 is 5.91 Å². The minimum atomic E-state index is -0.855. The summed E-state index contributed by atoms with van der Waals surface area (Å²) in [7, 11) is 0. The van der Waals surface area contributed by atoms with Gasteiger partial charge in [0, 0.05) is 6.42 Å². The van der Waals surface area contributed by atoms with Gasteiger partial charge in [0.2, 0.25) is 5.91 Å². The normalized spacial score (nSPS) is 13.4. The molecule has 39 heavy (non-hydrogen) atoms. The average molecular weight is 550 g/mol. The van der Waals surface area contributed by atoms with E-state index >= 15 is 0 Å². The van der Waals surface area contributed by atoms with Crippen molar-refractivity contribution in [3.8, 4) is 0 Å². The van der Waals surface area contributed by atoms with E-state index in [1.165, 1.54) is 122 Å². The number of nitrogens with one attached hydrogen (secondary N) is 1. The first-order valence-corrected chi connectivity index (χ1v) is 17.1. The van der Waals surface area contributed by atoms with Crippen LogP contribution in [0.4, 0.5) is 0 Å². The molecule has 4 nitrogen and oxygen atoms in total. The van der Waals surface area contributed by atoms with Gasteiger partial charge in [0.05, 0.1) is 18.8 Å². The molecule has 0 aliphatic carbocycles. The van der Waals surface area contributed by atoms with Crippen LogP contribution in [0, 0.1) is 0 Å². The molecule has 0 aromatic heterocycles. The molecular weight excluding hydrogens is 482 g/mol. The molecule has 0 fully saturated rings. The molecule has 230 valence electrons. The molecule has 0 rings (SSSR count). The first kappa shape index (κ1) is 37.9. The molecule has 0 saturated carbocycles. The van der Waals surface area contributed by atoms with E-state index in [1.807, 2.05) is 6.08 Å². The lowest BCUT2D eigenvalue weighted by molar-refractivity contribution is -0.123. The van der Waals surface area contributed by atoms with E-state index in [4.69, 9.17) is 0 Å². The summed E-state index contributed by atoms with van der Waals surface area (Å²) in [5.41, 5.74) is 0. The smallest absolute Gasteiger partial charge is 0.220 e. The van der Waals surface area contributed by atoms with Crippen molar-refractivity contribution in [3.63, 3.8) is 0 Å².